The zero-order valence-corrected chi connectivity index (χ0v) is 9.66. The molecule has 88 valence electrons. The van der Waals surface area contributed by atoms with Gasteiger partial charge in [0.1, 0.15) is 0 Å². The third-order valence-corrected chi connectivity index (χ3v) is 4.16. The monoisotopic (exact) mass is 212 g/mol. The third-order valence-electron chi connectivity index (χ3n) is 4.16. The van der Waals surface area contributed by atoms with E-state index in [1.165, 1.54) is 38.5 Å². The minimum atomic E-state index is 0.334. The van der Waals surface area contributed by atoms with Crippen LogP contribution in [0.25, 0.3) is 0 Å². The molecule has 2 nitrogen and oxygen atoms in total. The molecule has 0 unspecified atom stereocenters. The molecule has 1 aliphatic carbocycles. The Bertz CT molecular complexity index is 179. The number of rotatable bonds is 4. The molecular weight excluding hydrogens is 188 g/mol. The summed E-state index contributed by atoms with van der Waals surface area (Å²) < 4.78 is 5.91. The van der Waals surface area contributed by atoms with E-state index in [2.05, 4.69) is 0 Å². The summed E-state index contributed by atoms with van der Waals surface area (Å²) in [6.07, 6.45) is 10.7. The molecule has 1 N–H and O–H groups in total. The summed E-state index contributed by atoms with van der Waals surface area (Å²) in [5.41, 5.74) is 0. The minimum Gasteiger partial charge on any atom is -0.396 e. The van der Waals surface area contributed by atoms with E-state index in [4.69, 9.17) is 9.84 Å². The van der Waals surface area contributed by atoms with E-state index in [1.54, 1.807) is 0 Å². The first-order chi connectivity index (χ1) is 7.42. The van der Waals surface area contributed by atoms with Crippen molar-refractivity contribution in [2.75, 3.05) is 13.2 Å². The molecule has 0 spiro atoms. The van der Waals surface area contributed by atoms with Crippen molar-refractivity contribution in [2.45, 2.75) is 57.5 Å². The van der Waals surface area contributed by atoms with Gasteiger partial charge in [0.2, 0.25) is 0 Å². The third kappa shape index (κ3) is 2.94. The van der Waals surface area contributed by atoms with Crippen LogP contribution in [0, 0.1) is 11.8 Å². The average Bonchev–Trinajstić information content (AvgIpc) is 2.30. The van der Waals surface area contributed by atoms with Gasteiger partial charge in [-0.1, -0.05) is 19.3 Å². The Kier molecular flexibility index (Phi) is 4.45. The Morgan fingerprint density at radius 1 is 1.07 bits per heavy atom. The predicted molar refractivity (Wildman–Crippen MR) is 60.7 cm³/mol. The molecule has 0 bridgehead atoms. The van der Waals surface area contributed by atoms with E-state index in [9.17, 15) is 0 Å². The molecule has 0 aromatic heterocycles. The molecule has 2 aliphatic rings. The van der Waals surface area contributed by atoms with Crippen LogP contribution in [0.1, 0.15) is 51.4 Å². The highest BCUT2D eigenvalue weighted by atomic mass is 16.5. The van der Waals surface area contributed by atoms with Crippen LogP contribution in [0.4, 0.5) is 0 Å². The molecular formula is C13H24O2. The van der Waals surface area contributed by atoms with E-state index in [1.807, 2.05) is 0 Å². The highest BCUT2D eigenvalue weighted by Gasteiger charge is 2.34. The summed E-state index contributed by atoms with van der Waals surface area (Å²) in [6.45, 7) is 1.31. The SMILES string of the molecule is OCCCC[C@H]1OCC[C@H]2CCCC[C@@H]21. The first kappa shape index (κ1) is 11.4. The summed E-state index contributed by atoms with van der Waals surface area (Å²) >= 11 is 0. The van der Waals surface area contributed by atoms with Gasteiger partial charge in [-0.15, -0.1) is 0 Å². The maximum atomic E-state index is 8.79. The Morgan fingerprint density at radius 2 is 1.93 bits per heavy atom. The summed E-state index contributed by atoms with van der Waals surface area (Å²) in [6, 6.07) is 0. The topological polar surface area (TPSA) is 29.5 Å². The summed E-state index contributed by atoms with van der Waals surface area (Å²) in [4.78, 5) is 0. The molecule has 0 amide bonds. The molecule has 0 radical (unpaired) electrons. The summed E-state index contributed by atoms with van der Waals surface area (Å²) in [5, 5.41) is 8.79. The molecule has 1 saturated heterocycles. The molecule has 2 rings (SSSR count). The van der Waals surface area contributed by atoms with Crippen LogP contribution in [0.2, 0.25) is 0 Å². The normalized spacial score (nSPS) is 36.2. The predicted octanol–water partition coefficient (Wildman–Crippen LogP) is 2.74. The van der Waals surface area contributed by atoms with Gasteiger partial charge in [0.25, 0.3) is 0 Å². The van der Waals surface area contributed by atoms with Crippen molar-refractivity contribution < 1.29 is 9.84 Å². The van der Waals surface area contributed by atoms with Crippen LogP contribution in [0.15, 0.2) is 0 Å². The van der Waals surface area contributed by atoms with Crippen molar-refractivity contribution in [2.24, 2.45) is 11.8 Å². The Hall–Kier alpha value is -0.0800. The molecule has 1 aliphatic heterocycles. The number of fused-ring (bicyclic) bond motifs is 1. The fraction of sp³-hybridized carbons (Fsp3) is 1.00. The second-order valence-electron chi connectivity index (χ2n) is 5.13. The molecule has 0 aromatic rings. The van der Waals surface area contributed by atoms with Crippen molar-refractivity contribution >= 4 is 0 Å². The molecule has 2 heteroatoms. The van der Waals surface area contributed by atoms with Crippen LogP contribution < -0.4 is 0 Å². The van der Waals surface area contributed by atoms with Gasteiger partial charge in [-0.05, 0) is 43.9 Å². The Balaban J connectivity index is 1.81. The van der Waals surface area contributed by atoms with Gasteiger partial charge < -0.3 is 9.84 Å². The zero-order valence-electron chi connectivity index (χ0n) is 9.66. The van der Waals surface area contributed by atoms with Crippen LogP contribution >= 0.6 is 0 Å². The van der Waals surface area contributed by atoms with E-state index < -0.39 is 0 Å². The summed E-state index contributed by atoms with van der Waals surface area (Å²) in [7, 11) is 0. The van der Waals surface area contributed by atoms with Crippen molar-refractivity contribution in [3.8, 4) is 0 Å². The first-order valence-electron chi connectivity index (χ1n) is 6.64. The molecule has 1 saturated carbocycles. The Labute approximate surface area is 93.0 Å². The maximum Gasteiger partial charge on any atom is 0.0605 e. The fourth-order valence-electron chi connectivity index (χ4n) is 3.33. The second-order valence-corrected chi connectivity index (χ2v) is 5.13. The molecule has 1 heterocycles. The highest BCUT2D eigenvalue weighted by molar-refractivity contribution is 4.84. The molecule has 2 fully saturated rings. The number of ether oxygens (including phenoxy) is 1. The highest BCUT2D eigenvalue weighted by Crippen LogP contribution is 2.40. The fourth-order valence-corrected chi connectivity index (χ4v) is 3.33. The second kappa shape index (κ2) is 5.86. The van der Waals surface area contributed by atoms with Gasteiger partial charge in [0.15, 0.2) is 0 Å². The smallest absolute Gasteiger partial charge is 0.0605 e. The molecule has 3 atom stereocenters. The number of hydrogen-bond donors (Lipinski definition) is 1. The standard InChI is InChI=1S/C13H24O2/c14-9-4-3-7-13-12-6-2-1-5-11(12)8-10-15-13/h11-14H,1-10H2/t11-,12+,13-/m1/s1. The lowest BCUT2D eigenvalue weighted by Crippen LogP contribution is -2.38. The van der Waals surface area contributed by atoms with Crippen molar-refractivity contribution in [1.29, 1.82) is 0 Å². The van der Waals surface area contributed by atoms with E-state index in [-0.39, 0.29) is 0 Å². The van der Waals surface area contributed by atoms with Crippen LogP contribution in [0.3, 0.4) is 0 Å². The van der Waals surface area contributed by atoms with Crippen LogP contribution in [0.5, 0.6) is 0 Å². The van der Waals surface area contributed by atoms with Crippen molar-refractivity contribution in [1.82, 2.24) is 0 Å². The Morgan fingerprint density at radius 3 is 2.80 bits per heavy atom. The van der Waals surface area contributed by atoms with Crippen LogP contribution in [-0.4, -0.2) is 24.4 Å². The van der Waals surface area contributed by atoms with E-state index in [0.717, 1.165) is 31.3 Å². The van der Waals surface area contributed by atoms with Gasteiger partial charge in [0, 0.05) is 13.2 Å². The minimum absolute atomic E-state index is 0.334. The van der Waals surface area contributed by atoms with Crippen LogP contribution in [-0.2, 0) is 4.74 Å². The van der Waals surface area contributed by atoms with E-state index >= 15 is 0 Å². The summed E-state index contributed by atoms with van der Waals surface area (Å²) in [5.74, 6) is 1.79. The number of aliphatic hydroxyl groups is 1. The zero-order chi connectivity index (χ0) is 10.5. The largest absolute Gasteiger partial charge is 0.396 e. The number of unbranched alkanes of at least 4 members (excludes halogenated alkanes) is 1. The number of aliphatic hydroxyl groups excluding tert-OH is 1. The van der Waals surface area contributed by atoms with Gasteiger partial charge in [-0.25, -0.2) is 0 Å². The molecule has 15 heavy (non-hydrogen) atoms. The molecule has 0 aromatic carbocycles. The van der Waals surface area contributed by atoms with Gasteiger partial charge in [-0.2, -0.15) is 0 Å². The lowest BCUT2D eigenvalue weighted by Gasteiger charge is -2.41. The van der Waals surface area contributed by atoms with Gasteiger partial charge in [0.05, 0.1) is 6.10 Å². The average molecular weight is 212 g/mol. The number of hydrogen-bond acceptors (Lipinski definition) is 2. The van der Waals surface area contributed by atoms with E-state index in [0.29, 0.717) is 12.7 Å². The lowest BCUT2D eigenvalue weighted by molar-refractivity contribution is -0.0753. The quantitative estimate of drug-likeness (QED) is 0.726. The lowest BCUT2D eigenvalue weighted by atomic mass is 9.72. The van der Waals surface area contributed by atoms with Gasteiger partial charge >= 0.3 is 0 Å². The maximum absolute atomic E-state index is 8.79. The first-order valence-corrected chi connectivity index (χ1v) is 6.64. The van der Waals surface area contributed by atoms with Gasteiger partial charge in [-0.3, -0.25) is 0 Å². The van der Waals surface area contributed by atoms with Crippen molar-refractivity contribution in [3.63, 3.8) is 0 Å². The van der Waals surface area contributed by atoms with Crippen molar-refractivity contribution in [3.05, 3.63) is 0 Å².